The number of benzene rings is 1. The van der Waals surface area contributed by atoms with Gasteiger partial charge in [-0.1, -0.05) is 18.2 Å². The number of rotatable bonds is 3. The van der Waals surface area contributed by atoms with Crippen molar-refractivity contribution in [3.63, 3.8) is 0 Å². The molecule has 0 saturated carbocycles. The van der Waals surface area contributed by atoms with E-state index in [4.69, 9.17) is 10.5 Å². The molecule has 3 rings (SSSR count). The smallest absolute Gasteiger partial charge is 0.338 e. The third kappa shape index (κ3) is 2.53. The maximum Gasteiger partial charge on any atom is 0.338 e. The second-order valence-corrected chi connectivity index (χ2v) is 5.94. The number of hydrogen-bond donors (Lipinski definition) is 1. The Labute approximate surface area is 124 Å². The van der Waals surface area contributed by atoms with E-state index in [1.165, 1.54) is 0 Å². The van der Waals surface area contributed by atoms with Crippen LogP contribution in [0.5, 0.6) is 0 Å². The number of fused-ring (bicyclic) bond motifs is 2. The first-order valence-electron chi connectivity index (χ1n) is 7.35. The van der Waals surface area contributed by atoms with Crippen molar-refractivity contribution in [2.75, 3.05) is 7.05 Å². The first-order chi connectivity index (χ1) is 10.1. The van der Waals surface area contributed by atoms with Crippen LogP contribution in [0.4, 0.5) is 0 Å². The zero-order valence-electron chi connectivity index (χ0n) is 12.1. The number of ether oxygens (including phenoxy) is 1. The lowest BCUT2D eigenvalue weighted by Crippen LogP contribution is -2.54. The fourth-order valence-corrected chi connectivity index (χ4v) is 3.69. The van der Waals surface area contributed by atoms with Gasteiger partial charge in [-0.15, -0.1) is 0 Å². The second kappa shape index (κ2) is 5.48. The van der Waals surface area contributed by atoms with Crippen LogP contribution in [-0.2, 0) is 9.53 Å². The molecule has 21 heavy (non-hydrogen) atoms. The number of piperidine rings is 1. The van der Waals surface area contributed by atoms with Gasteiger partial charge in [-0.25, -0.2) is 4.79 Å². The molecule has 112 valence electrons. The van der Waals surface area contributed by atoms with Gasteiger partial charge in [0.1, 0.15) is 6.10 Å². The van der Waals surface area contributed by atoms with E-state index < -0.39 is 12.0 Å². The minimum absolute atomic E-state index is 0.0924. The number of amides is 1. The first-order valence-corrected chi connectivity index (χ1v) is 7.35. The van der Waals surface area contributed by atoms with Gasteiger partial charge in [-0.3, -0.25) is 9.69 Å². The van der Waals surface area contributed by atoms with E-state index in [2.05, 4.69) is 4.90 Å². The Hall–Kier alpha value is -1.88. The van der Waals surface area contributed by atoms with E-state index in [0.717, 1.165) is 12.8 Å². The highest BCUT2D eigenvalue weighted by Crippen LogP contribution is 2.39. The highest BCUT2D eigenvalue weighted by Gasteiger charge is 2.49. The van der Waals surface area contributed by atoms with Gasteiger partial charge >= 0.3 is 5.97 Å². The van der Waals surface area contributed by atoms with Crippen LogP contribution in [0.3, 0.4) is 0 Å². The number of carbonyl (C=O) groups is 2. The molecule has 2 heterocycles. The number of nitrogens with two attached hydrogens (primary N) is 1. The van der Waals surface area contributed by atoms with E-state index in [1.807, 2.05) is 13.1 Å². The van der Waals surface area contributed by atoms with Crippen molar-refractivity contribution in [3.05, 3.63) is 35.9 Å². The molecule has 5 heteroatoms. The largest absolute Gasteiger partial charge is 0.458 e. The highest BCUT2D eigenvalue weighted by atomic mass is 16.5. The van der Waals surface area contributed by atoms with E-state index in [0.29, 0.717) is 18.0 Å². The van der Waals surface area contributed by atoms with E-state index in [1.54, 1.807) is 24.3 Å². The topological polar surface area (TPSA) is 72.6 Å². The fourth-order valence-electron chi connectivity index (χ4n) is 3.69. The van der Waals surface area contributed by atoms with Crippen molar-refractivity contribution in [1.29, 1.82) is 0 Å². The molecule has 2 aliphatic rings. The molecule has 4 atom stereocenters. The molecule has 0 aliphatic carbocycles. The summed E-state index contributed by atoms with van der Waals surface area (Å²) in [5.74, 6) is -1.17. The molecule has 2 N–H and O–H groups in total. The zero-order valence-corrected chi connectivity index (χ0v) is 12.1. The molecule has 2 aliphatic heterocycles. The molecule has 0 radical (unpaired) electrons. The summed E-state index contributed by atoms with van der Waals surface area (Å²) in [7, 11) is 2.02. The summed E-state index contributed by atoms with van der Waals surface area (Å²) < 4.78 is 5.61. The van der Waals surface area contributed by atoms with Crippen molar-refractivity contribution >= 4 is 11.9 Å². The maximum absolute atomic E-state index is 12.2. The van der Waals surface area contributed by atoms with Crippen LogP contribution in [0, 0.1) is 5.92 Å². The Kier molecular flexibility index (Phi) is 3.68. The number of esters is 1. The van der Waals surface area contributed by atoms with E-state index in [-0.39, 0.29) is 17.9 Å². The average molecular weight is 288 g/mol. The Morgan fingerprint density at radius 2 is 1.95 bits per heavy atom. The molecule has 5 nitrogen and oxygen atoms in total. The molecular weight excluding hydrogens is 268 g/mol. The fraction of sp³-hybridized carbons (Fsp3) is 0.500. The van der Waals surface area contributed by atoms with E-state index >= 15 is 0 Å². The lowest BCUT2D eigenvalue weighted by Gasteiger charge is -2.40. The maximum atomic E-state index is 12.2. The molecule has 2 fully saturated rings. The normalized spacial score (nSPS) is 31.9. The summed E-state index contributed by atoms with van der Waals surface area (Å²) in [5, 5.41) is 0. The number of nitrogens with zero attached hydrogens (tertiary/aromatic N) is 1. The number of carbonyl (C=O) groups excluding carboxylic acids is 2. The van der Waals surface area contributed by atoms with Gasteiger partial charge in [-0.05, 0) is 32.0 Å². The van der Waals surface area contributed by atoms with Gasteiger partial charge in [0.05, 0.1) is 11.5 Å². The van der Waals surface area contributed by atoms with Crippen molar-refractivity contribution < 1.29 is 14.3 Å². The second-order valence-electron chi connectivity index (χ2n) is 5.94. The Morgan fingerprint density at radius 3 is 2.62 bits per heavy atom. The predicted molar refractivity (Wildman–Crippen MR) is 77.5 cm³/mol. The van der Waals surface area contributed by atoms with Crippen LogP contribution in [0.1, 0.15) is 29.6 Å². The lowest BCUT2D eigenvalue weighted by atomic mass is 9.87. The first kappa shape index (κ1) is 14.1. The minimum Gasteiger partial charge on any atom is -0.458 e. The average Bonchev–Trinajstić information content (AvgIpc) is 2.72. The summed E-state index contributed by atoms with van der Waals surface area (Å²) in [6, 6.07) is 9.32. The van der Waals surface area contributed by atoms with Crippen LogP contribution in [0.2, 0.25) is 0 Å². The van der Waals surface area contributed by atoms with Gasteiger partial charge < -0.3 is 10.5 Å². The molecule has 0 spiro atoms. The molecule has 2 saturated heterocycles. The predicted octanol–water partition coefficient (Wildman–Crippen LogP) is 1.18. The van der Waals surface area contributed by atoms with Gasteiger partial charge in [0.25, 0.3) is 0 Å². The molecule has 2 bridgehead atoms. The van der Waals surface area contributed by atoms with Crippen LogP contribution < -0.4 is 5.73 Å². The summed E-state index contributed by atoms with van der Waals surface area (Å²) in [6.45, 7) is 0. The summed E-state index contributed by atoms with van der Waals surface area (Å²) in [4.78, 5) is 26.2. The third-order valence-corrected chi connectivity index (χ3v) is 4.81. The van der Waals surface area contributed by atoms with Crippen LogP contribution >= 0.6 is 0 Å². The SMILES string of the molecule is CN1C2CCC1[C@@H](C(N)=O)[C@@H](OC(=O)c1ccccc1)C2. The molecule has 1 aromatic rings. The van der Waals surface area contributed by atoms with Crippen LogP contribution in [0.15, 0.2) is 30.3 Å². The van der Waals surface area contributed by atoms with Gasteiger partial charge in [0.2, 0.25) is 5.91 Å². The molecule has 2 unspecified atom stereocenters. The van der Waals surface area contributed by atoms with Crippen molar-refractivity contribution in [2.45, 2.75) is 37.5 Å². The zero-order chi connectivity index (χ0) is 15.0. The number of hydrogen-bond acceptors (Lipinski definition) is 4. The summed E-state index contributed by atoms with van der Waals surface area (Å²) in [5.41, 5.74) is 6.07. The minimum atomic E-state index is -0.415. The Balaban J connectivity index is 1.78. The quantitative estimate of drug-likeness (QED) is 0.848. The van der Waals surface area contributed by atoms with Gasteiger partial charge in [0, 0.05) is 18.5 Å². The molecule has 1 amide bonds. The molecular formula is C16H20N2O3. The van der Waals surface area contributed by atoms with Crippen LogP contribution in [-0.4, -0.2) is 42.0 Å². The van der Waals surface area contributed by atoms with Gasteiger partial charge in [0.15, 0.2) is 0 Å². The Morgan fingerprint density at radius 1 is 1.24 bits per heavy atom. The molecule has 0 aromatic heterocycles. The van der Waals surface area contributed by atoms with Gasteiger partial charge in [-0.2, -0.15) is 0 Å². The summed E-state index contributed by atoms with van der Waals surface area (Å²) >= 11 is 0. The summed E-state index contributed by atoms with van der Waals surface area (Å²) in [6.07, 6.45) is 2.24. The molecule has 1 aromatic carbocycles. The third-order valence-electron chi connectivity index (χ3n) is 4.81. The van der Waals surface area contributed by atoms with Crippen molar-refractivity contribution in [1.82, 2.24) is 4.90 Å². The van der Waals surface area contributed by atoms with Crippen LogP contribution in [0.25, 0.3) is 0 Å². The van der Waals surface area contributed by atoms with Crippen molar-refractivity contribution in [3.8, 4) is 0 Å². The lowest BCUT2D eigenvalue weighted by molar-refractivity contribution is -0.131. The number of primary amides is 1. The monoisotopic (exact) mass is 288 g/mol. The van der Waals surface area contributed by atoms with E-state index in [9.17, 15) is 9.59 Å². The standard InChI is InChI=1S/C16H20N2O3/c1-18-11-7-8-12(18)14(15(17)19)13(9-11)21-16(20)10-5-3-2-4-6-10/h2-6,11-14H,7-9H2,1H3,(H2,17,19)/t11?,12?,13-,14+/m0/s1. The Bertz CT molecular complexity index is 546. The van der Waals surface area contributed by atoms with Crippen molar-refractivity contribution in [2.24, 2.45) is 11.7 Å². The highest BCUT2D eigenvalue weighted by molar-refractivity contribution is 5.90.